The molecule has 0 aromatic heterocycles. The highest BCUT2D eigenvalue weighted by atomic mass is 16.6. The van der Waals surface area contributed by atoms with E-state index in [2.05, 4.69) is 0 Å². The van der Waals surface area contributed by atoms with Gasteiger partial charge in [-0.15, -0.1) is 0 Å². The van der Waals surface area contributed by atoms with Gasteiger partial charge in [-0.25, -0.2) is 0 Å². The van der Waals surface area contributed by atoms with Gasteiger partial charge in [-0.05, 0) is 75.6 Å². The van der Waals surface area contributed by atoms with Crippen LogP contribution in [0.3, 0.4) is 0 Å². The van der Waals surface area contributed by atoms with Crippen molar-refractivity contribution in [1.29, 1.82) is 0 Å². The first-order valence-electron chi connectivity index (χ1n) is 8.99. The van der Waals surface area contributed by atoms with Crippen molar-refractivity contribution in [2.75, 3.05) is 0 Å². The van der Waals surface area contributed by atoms with E-state index < -0.39 is 17.5 Å². The van der Waals surface area contributed by atoms with Crippen molar-refractivity contribution >= 4 is 11.8 Å². The second-order valence-corrected chi connectivity index (χ2v) is 7.31. The molecule has 0 bridgehead atoms. The van der Waals surface area contributed by atoms with Crippen LogP contribution in [0.2, 0.25) is 0 Å². The Labute approximate surface area is 149 Å². The maximum atomic E-state index is 13.2. The first-order chi connectivity index (χ1) is 11.9. The number of rotatable bonds is 3. The minimum Gasteiger partial charge on any atom is -0.498 e. The normalized spacial score (nSPS) is 29.4. The lowest BCUT2D eigenvalue weighted by molar-refractivity contribution is -0.157. The highest BCUT2D eigenvalue weighted by molar-refractivity contribution is 6.13. The monoisotopic (exact) mass is 342 g/mol. The molecule has 1 heterocycles. The predicted molar refractivity (Wildman–Crippen MR) is 95.4 cm³/mol. The zero-order valence-electron chi connectivity index (χ0n) is 15.4. The third kappa shape index (κ3) is 3.10. The topological polar surface area (TPSA) is 52.6 Å². The number of ether oxygens (including phenoxy) is 2. The quantitative estimate of drug-likeness (QED) is 0.472. The molecule has 4 nitrogen and oxygen atoms in total. The van der Waals surface area contributed by atoms with Crippen LogP contribution in [0.25, 0.3) is 0 Å². The Bertz CT molecular complexity index is 724. The largest absolute Gasteiger partial charge is 0.498 e. The molecule has 1 aromatic carbocycles. The van der Waals surface area contributed by atoms with Crippen molar-refractivity contribution in [1.82, 2.24) is 0 Å². The van der Waals surface area contributed by atoms with Gasteiger partial charge in [0.05, 0.1) is 12.4 Å². The summed E-state index contributed by atoms with van der Waals surface area (Å²) in [5.41, 5.74) is 3.06. The van der Waals surface area contributed by atoms with Gasteiger partial charge in [0.1, 0.15) is 5.92 Å². The number of aryl methyl sites for hydroxylation is 3. The molecule has 134 valence electrons. The average molecular weight is 342 g/mol. The molecule has 1 saturated heterocycles. The van der Waals surface area contributed by atoms with Crippen molar-refractivity contribution in [2.45, 2.75) is 71.0 Å². The van der Waals surface area contributed by atoms with E-state index in [-0.39, 0.29) is 11.9 Å². The van der Waals surface area contributed by atoms with Gasteiger partial charge in [0.15, 0.2) is 11.4 Å². The van der Waals surface area contributed by atoms with E-state index in [1.807, 2.05) is 45.9 Å². The second-order valence-electron chi connectivity index (χ2n) is 7.31. The lowest BCUT2D eigenvalue weighted by Crippen LogP contribution is -2.42. The first-order valence-corrected chi connectivity index (χ1v) is 8.99. The summed E-state index contributed by atoms with van der Waals surface area (Å²) < 4.78 is 11.3. The fraction of sp³-hybridized carbons (Fsp3) is 0.524. The Morgan fingerprint density at radius 3 is 2.36 bits per heavy atom. The SMILES string of the molecule is C/C=C/OC1CCC2(CC1)OC(=O)C(c1cc(C)c(C)cc1C)C2=O. The highest BCUT2D eigenvalue weighted by Gasteiger charge is 2.57. The summed E-state index contributed by atoms with van der Waals surface area (Å²) in [4.78, 5) is 25.7. The number of ketones is 1. The van der Waals surface area contributed by atoms with Gasteiger partial charge in [0, 0.05) is 0 Å². The molecular formula is C21H26O4. The number of Topliss-reactive ketones (excluding diaryl/α,β-unsaturated/α-hetero) is 1. The summed E-state index contributed by atoms with van der Waals surface area (Å²) in [5, 5.41) is 0. The van der Waals surface area contributed by atoms with Crippen LogP contribution in [-0.2, 0) is 19.1 Å². The van der Waals surface area contributed by atoms with E-state index in [0.717, 1.165) is 35.1 Å². The molecule has 1 aliphatic carbocycles. The Morgan fingerprint density at radius 1 is 1.08 bits per heavy atom. The van der Waals surface area contributed by atoms with Gasteiger partial charge in [-0.2, -0.15) is 0 Å². The number of hydrogen-bond acceptors (Lipinski definition) is 4. The summed E-state index contributed by atoms with van der Waals surface area (Å²) in [6, 6.07) is 4.01. The summed E-state index contributed by atoms with van der Waals surface area (Å²) in [6.07, 6.45) is 6.16. The fourth-order valence-corrected chi connectivity index (χ4v) is 3.97. The zero-order valence-corrected chi connectivity index (χ0v) is 15.4. The molecule has 1 atom stereocenters. The van der Waals surface area contributed by atoms with E-state index >= 15 is 0 Å². The smallest absolute Gasteiger partial charge is 0.322 e. The number of allylic oxidation sites excluding steroid dienone is 1. The van der Waals surface area contributed by atoms with Gasteiger partial charge in [0.2, 0.25) is 0 Å². The van der Waals surface area contributed by atoms with E-state index in [1.54, 1.807) is 6.26 Å². The molecule has 1 spiro atoms. The standard InChI is InChI=1S/C21H26O4/c1-5-10-24-16-6-8-21(9-7-16)19(22)18(20(23)25-21)17-12-14(3)13(2)11-15(17)4/h5,10-12,16,18H,6-9H2,1-4H3/b10-5+. The molecule has 0 radical (unpaired) electrons. The summed E-state index contributed by atoms with van der Waals surface area (Å²) in [7, 11) is 0. The van der Waals surface area contributed by atoms with Crippen molar-refractivity contribution in [3.8, 4) is 0 Å². The molecule has 2 aliphatic rings. The molecule has 3 rings (SSSR count). The Hall–Kier alpha value is -2.10. The fourth-order valence-electron chi connectivity index (χ4n) is 3.97. The molecule has 4 heteroatoms. The highest BCUT2D eigenvalue weighted by Crippen LogP contribution is 2.44. The van der Waals surface area contributed by atoms with Crippen molar-refractivity contribution in [3.05, 3.63) is 46.7 Å². The van der Waals surface area contributed by atoms with Crippen LogP contribution in [0.5, 0.6) is 0 Å². The molecule has 1 unspecified atom stereocenters. The maximum absolute atomic E-state index is 13.2. The van der Waals surface area contributed by atoms with Gasteiger partial charge in [-0.3, -0.25) is 9.59 Å². The molecule has 25 heavy (non-hydrogen) atoms. The molecule has 1 saturated carbocycles. The minimum absolute atomic E-state index is 0.0756. The van der Waals surface area contributed by atoms with E-state index in [0.29, 0.717) is 12.8 Å². The second kappa shape index (κ2) is 6.66. The van der Waals surface area contributed by atoms with Gasteiger partial charge in [0.25, 0.3) is 0 Å². The third-order valence-corrected chi connectivity index (χ3v) is 5.58. The van der Waals surface area contributed by atoms with Crippen LogP contribution < -0.4 is 0 Å². The lowest BCUT2D eigenvalue weighted by atomic mass is 9.76. The number of carbonyl (C=O) groups is 2. The van der Waals surface area contributed by atoms with E-state index in [4.69, 9.17) is 9.47 Å². The van der Waals surface area contributed by atoms with Gasteiger partial charge >= 0.3 is 5.97 Å². The van der Waals surface area contributed by atoms with E-state index in [9.17, 15) is 9.59 Å². The predicted octanol–water partition coefficient (Wildman–Crippen LogP) is 4.05. The van der Waals surface area contributed by atoms with Crippen LogP contribution in [0.1, 0.15) is 60.8 Å². The number of hydrogen-bond donors (Lipinski definition) is 0. The van der Waals surface area contributed by atoms with Gasteiger partial charge in [-0.1, -0.05) is 18.2 Å². The van der Waals surface area contributed by atoms with E-state index in [1.165, 1.54) is 0 Å². The molecule has 2 fully saturated rings. The Balaban J connectivity index is 1.83. The van der Waals surface area contributed by atoms with Crippen LogP contribution in [0.4, 0.5) is 0 Å². The Morgan fingerprint density at radius 2 is 1.72 bits per heavy atom. The average Bonchev–Trinajstić information content (AvgIpc) is 2.81. The van der Waals surface area contributed by atoms with Crippen LogP contribution in [0, 0.1) is 20.8 Å². The number of benzene rings is 1. The number of carbonyl (C=O) groups excluding carboxylic acids is 2. The van der Waals surface area contributed by atoms with Gasteiger partial charge < -0.3 is 9.47 Å². The molecule has 1 aliphatic heterocycles. The third-order valence-electron chi connectivity index (χ3n) is 5.58. The van der Waals surface area contributed by atoms with Crippen LogP contribution in [-0.4, -0.2) is 23.5 Å². The van der Waals surface area contributed by atoms with Crippen molar-refractivity contribution < 1.29 is 19.1 Å². The number of esters is 1. The minimum atomic E-state index is -0.956. The van der Waals surface area contributed by atoms with Crippen molar-refractivity contribution in [2.24, 2.45) is 0 Å². The molecular weight excluding hydrogens is 316 g/mol. The first kappa shape index (κ1) is 17.7. The Kier molecular flexibility index (Phi) is 4.72. The van der Waals surface area contributed by atoms with Crippen LogP contribution >= 0.6 is 0 Å². The summed E-state index contributed by atoms with van der Waals surface area (Å²) in [5.74, 6) is -1.26. The zero-order chi connectivity index (χ0) is 18.2. The maximum Gasteiger partial charge on any atom is 0.322 e. The molecule has 0 N–H and O–H groups in total. The lowest BCUT2D eigenvalue weighted by Gasteiger charge is -2.34. The molecule has 1 aromatic rings. The summed E-state index contributed by atoms with van der Waals surface area (Å²) in [6.45, 7) is 7.90. The summed E-state index contributed by atoms with van der Waals surface area (Å²) >= 11 is 0. The van der Waals surface area contributed by atoms with Crippen molar-refractivity contribution in [3.63, 3.8) is 0 Å². The molecule has 0 amide bonds. The van der Waals surface area contributed by atoms with Crippen LogP contribution in [0.15, 0.2) is 24.5 Å².